The molecule has 1 unspecified atom stereocenters. The van der Waals surface area contributed by atoms with Crippen LogP contribution in [0, 0.1) is 16.7 Å². The summed E-state index contributed by atoms with van der Waals surface area (Å²) in [5.41, 5.74) is 7.00. The van der Waals surface area contributed by atoms with E-state index in [1.165, 1.54) is 17.0 Å². The van der Waals surface area contributed by atoms with Crippen LogP contribution in [0.5, 0.6) is 0 Å². The second kappa shape index (κ2) is 7.52. The van der Waals surface area contributed by atoms with Crippen LogP contribution < -0.4 is 10.6 Å². The van der Waals surface area contributed by atoms with E-state index < -0.39 is 23.1 Å². The molecule has 5 nitrogen and oxygen atoms in total. The molecule has 2 aromatic rings. The van der Waals surface area contributed by atoms with Gasteiger partial charge in [-0.25, -0.2) is 0 Å². The molecule has 164 valence electrons. The molecule has 1 aliphatic carbocycles. The van der Waals surface area contributed by atoms with Crippen molar-refractivity contribution in [2.75, 3.05) is 4.90 Å². The second-order valence-electron chi connectivity index (χ2n) is 8.81. The molecule has 1 aromatic carbocycles. The number of allylic oxidation sites excluding steroid dienone is 3. The lowest BCUT2D eigenvalue weighted by Gasteiger charge is -2.43. The van der Waals surface area contributed by atoms with Crippen LogP contribution in [0.3, 0.4) is 0 Å². The third-order valence-electron chi connectivity index (χ3n) is 5.83. The summed E-state index contributed by atoms with van der Waals surface area (Å²) in [4.78, 5) is 18.9. The van der Waals surface area contributed by atoms with Gasteiger partial charge in [-0.1, -0.05) is 26.0 Å². The Hall–Kier alpha value is -3.60. The summed E-state index contributed by atoms with van der Waals surface area (Å²) in [5.74, 6) is -0.846. The summed E-state index contributed by atoms with van der Waals surface area (Å²) in [6.45, 7) is 3.86. The molecule has 2 heterocycles. The van der Waals surface area contributed by atoms with E-state index in [-0.39, 0.29) is 29.3 Å². The highest BCUT2D eigenvalue weighted by atomic mass is 19.4. The smallest absolute Gasteiger partial charge is 0.384 e. The maximum Gasteiger partial charge on any atom is 0.416 e. The summed E-state index contributed by atoms with van der Waals surface area (Å²) in [7, 11) is 0. The molecule has 0 fully saturated rings. The molecule has 2 N–H and O–H groups in total. The van der Waals surface area contributed by atoms with E-state index in [9.17, 15) is 23.2 Å². The van der Waals surface area contributed by atoms with E-state index in [1.54, 1.807) is 24.5 Å². The SMILES string of the molecule is CC1(C)CC(=O)C2=C(C1)N(c1cccc(C(F)(F)F)c1)C(N)=C(C#N)C2c1cccnc1. The maximum atomic E-state index is 13.4. The Morgan fingerprint density at radius 3 is 2.59 bits per heavy atom. The maximum absolute atomic E-state index is 13.4. The predicted molar refractivity (Wildman–Crippen MR) is 113 cm³/mol. The summed E-state index contributed by atoms with van der Waals surface area (Å²) in [6.07, 6.45) is -0.702. The van der Waals surface area contributed by atoms with Gasteiger partial charge in [0.05, 0.1) is 23.1 Å². The molecule has 0 saturated carbocycles. The van der Waals surface area contributed by atoms with Crippen LogP contribution in [-0.2, 0) is 11.0 Å². The first-order valence-electron chi connectivity index (χ1n) is 10.1. The molecule has 0 amide bonds. The number of alkyl halides is 3. The first-order valence-corrected chi connectivity index (χ1v) is 10.1. The highest BCUT2D eigenvalue weighted by molar-refractivity contribution is 6.01. The average molecular weight is 438 g/mol. The number of halogens is 3. The third kappa shape index (κ3) is 3.64. The number of carbonyl (C=O) groups is 1. The molecule has 0 spiro atoms. The molecule has 1 aliphatic heterocycles. The number of ketones is 1. The highest BCUT2D eigenvalue weighted by Gasteiger charge is 2.45. The van der Waals surface area contributed by atoms with Crippen molar-refractivity contribution in [3.05, 3.63) is 82.6 Å². The van der Waals surface area contributed by atoms with Crippen LogP contribution in [0.2, 0.25) is 0 Å². The summed E-state index contributed by atoms with van der Waals surface area (Å²) in [5, 5.41) is 9.97. The van der Waals surface area contributed by atoms with Crippen molar-refractivity contribution in [2.24, 2.45) is 11.1 Å². The van der Waals surface area contributed by atoms with Gasteiger partial charge in [0.15, 0.2) is 5.78 Å². The average Bonchev–Trinajstić information content (AvgIpc) is 2.72. The number of benzene rings is 1. The number of anilines is 1. The van der Waals surface area contributed by atoms with E-state index in [4.69, 9.17) is 5.73 Å². The molecule has 32 heavy (non-hydrogen) atoms. The number of nitriles is 1. The zero-order valence-electron chi connectivity index (χ0n) is 17.6. The Morgan fingerprint density at radius 1 is 1.22 bits per heavy atom. The van der Waals surface area contributed by atoms with E-state index in [0.717, 1.165) is 12.1 Å². The zero-order valence-corrected chi connectivity index (χ0v) is 17.6. The number of rotatable bonds is 2. The standard InChI is InChI=1S/C24H21F3N4O/c1-23(2)10-18-21(19(32)11-23)20(14-5-4-8-30-13-14)17(12-28)22(29)31(18)16-7-3-6-15(9-16)24(25,26)27/h3-9,13,20H,10-11,29H2,1-2H3. The van der Waals surface area contributed by atoms with E-state index in [2.05, 4.69) is 11.1 Å². The number of nitrogens with zero attached hydrogens (tertiary/aromatic N) is 3. The van der Waals surface area contributed by atoms with Crippen molar-refractivity contribution in [3.63, 3.8) is 0 Å². The molecule has 1 atom stereocenters. The zero-order chi connectivity index (χ0) is 23.3. The number of nitrogens with two attached hydrogens (primary N) is 1. The van der Waals surface area contributed by atoms with Crippen LogP contribution in [0.4, 0.5) is 18.9 Å². The number of carbonyl (C=O) groups excluding carboxylic acids is 1. The van der Waals surface area contributed by atoms with Gasteiger partial charge in [0.1, 0.15) is 5.82 Å². The summed E-state index contributed by atoms with van der Waals surface area (Å²) in [6, 6.07) is 10.3. The van der Waals surface area contributed by atoms with Gasteiger partial charge in [0, 0.05) is 35.8 Å². The first-order chi connectivity index (χ1) is 15.0. The van der Waals surface area contributed by atoms with Crippen molar-refractivity contribution in [2.45, 2.75) is 38.8 Å². The Balaban J connectivity index is 1.99. The number of pyridine rings is 1. The number of Topliss-reactive ketones (excluding diaryl/α,β-unsaturated/α-hetero) is 1. The third-order valence-corrected chi connectivity index (χ3v) is 5.83. The molecular weight excluding hydrogens is 417 g/mol. The lowest BCUT2D eigenvalue weighted by atomic mass is 9.68. The molecule has 2 aliphatic rings. The quantitative estimate of drug-likeness (QED) is 0.710. The molecule has 4 rings (SSSR count). The van der Waals surface area contributed by atoms with Crippen LogP contribution in [0.1, 0.15) is 43.7 Å². The predicted octanol–water partition coefficient (Wildman–Crippen LogP) is 5.04. The molecule has 0 radical (unpaired) electrons. The van der Waals surface area contributed by atoms with E-state index >= 15 is 0 Å². The lowest BCUT2D eigenvalue weighted by molar-refractivity contribution is -0.137. The van der Waals surface area contributed by atoms with Gasteiger partial charge >= 0.3 is 6.18 Å². The monoisotopic (exact) mass is 438 g/mol. The first kappa shape index (κ1) is 21.6. The van der Waals surface area contributed by atoms with Crippen LogP contribution in [0.15, 0.2) is 71.5 Å². The van der Waals surface area contributed by atoms with E-state index in [1.807, 2.05) is 13.8 Å². The fourth-order valence-electron chi connectivity index (χ4n) is 4.51. The van der Waals surface area contributed by atoms with Crippen molar-refractivity contribution < 1.29 is 18.0 Å². The van der Waals surface area contributed by atoms with Crippen molar-refractivity contribution >= 4 is 11.5 Å². The van der Waals surface area contributed by atoms with Crippen molar-refractivity contribution in [1.82, 2.24) is 4.98 Å². The minimum atomic E-state index is -4.54. The Kier molecular flexibility index (Phi) is 5.08. The highest BCUT2D eigenvalue weighted by Crippen LogP contribution is 2.50. The van der Waals surface area contributed by atoms with Gasteiger partial charge in [-0.2, -0.15) is 18.4 Å². The Bertz CT molecular complexity index is 1190. The number of hydrogen-bond donors (Lipinski definition) is 1. The van der Waals surface area contributed by atoms with Gasteiger partial charge in [-0.15, -0.1) is 0 Å². The molecule has 0 saturated heterocycles. The normalized spacial score (nSPS) is 20.8. The molecular formula is C24H21F3N4O. The topological polar surface area (TPSA) is 83.0 Å². The Morgan fingerprint density at radius 2 is 1.97 bits per heavy atom. The minimum absolute atomic E-state index is 0.0185. The van der Waals surface area contributed by atoms with Gasteiger partial charge in [-0.05, 0) is 41.7 Å². The van der Waals surface area contributed by atoms with Gasteiger partial charge < -0.3 is 5.73 Å². The molecule has 1 aromatic heterocycles. The van der Waals surface area contributed by atoms with Crippen LogP contribution >= 0.6 is 0 Å². The summed E-state index contributed by atoms with van der Waals surface area (Å²) < 4.78 is 40.2. The van der Waals surface area contributed by atoms with Crippen LogP contribution in [-0.4, -0.2) is 10.8 Å². The van der Waals surface area contributed by atoms with Gasteiger partial charge in [-0.3, -0.25) is 14.7 Å². The largest absolute Gasteiger partial charge is 0.416 e. The number of aromatic nitrogens is 1. The van der Waals surface area contributed by atoms with Crippen LogP contribution in [0.25, 0.3) is 0 Å². The van der Waals surface area contributed by atoms with Crippen molar-refractivity contribution in [1.29, 1.82) is 5.26 Å². The summed E-state index contributed by atoms with van der Waals surface area (Å²) >= 11 is 0. The fourth-order valence-corrected chi connectivity index (χ4v) is 4.51. The fraction of sp³-hybridized carbons (Fsp3) is 0.292. The Labute approximate surface area is 183 Å². The van der Waals surface area contributed by atoms with E-state index in [0.29, 0.717) is 23.3 Å². The van der Waals surface area contributed by atoms with Gasteiger partial charge in [0.2, 0.25) is 0 Å². The second-order valence-corrected chi connectivity index (χ2v) is 8.81. The molecule has 0 bridgehead atoms. The lowest BCUT2D eigenvalue weighted by Crippen LogP contribution is -2.42. The van der Waals surface area contributed by atoms with Crippen molar-refractivity contribution in [3.8, 4) is 6.07 Å². The van der Waals surface area contributed by atoms with Gasteiger partial charge in [0.25, 0.3) is 0 Å². The number of hydrogen-bond acceptors (Lipinski definition) is 5. The molecule has 8 heteroatoms. The minimum Gasteiger partial charge on any atom is -0.384 e.